The molecule has 0 spiro atoms. The highest BCUT2D eigenvalue weighted by Crippen LogP contribution is 2.23. The van der Waals surface area contributed by atoms with Crippen LogP contribution >= 0.6 is 11.6 Å². The topological polar surface area (TPSA) is 103 Å². The molecule has 33 heavy (non-hydrogen) atoms. The van der Waals surface area contributed by atoms with Gasteiger partial charge in [-0.2, -0.15) is 5.10 Å². The fraction of sp³-hybridized carbons (Fsp3) is 0.0870. The highest BCUT2D eigenvalue weighted by atomic mass is 35.5. The van der Waals surface area contributed by atoms with Gasteiger partial charge in [-0.3, -0.25) is 9.59 Å². The quantitative estimate of drug-likeness (QED) is 0.405. The van der Waals surface area contributed by atoms with Gasteiger partial charge in [0.05, 0.1) is 5.69 Å². The number of hydrogen-bond donors (Lipinski definition) is 1. The van der Waals surface area contributed by atoms with Crippen molar-refractivity contribution in [2.45, 2.75) is 13.5 Å². The number of benzene rings is 2. The van der Waals surface area contributed by atoms with Crippen molar-refractivity contribution >= 4 is 40.1 Å². The SMILES string of the molecule is CC(=O)c1ccc(NC(=O)Cn2nc3c4cc(-c5ccc(Cl)cc5)nn4ccn3c2=O)cc1. The number of nitrogens with zero attached hydrogens (tertiary/aromatic N) is 5. The fourth-order valence-corrected chi connectivity index (χ4v) is 3.65. The van der Waals surface area contributed by atoms with E-state index in [1.165, 1.54) is 11.3 Å². The number of rotatable bonds is 5. The maximum atomic E-state index is 12.8. The van der Waals surface area contributed by atoms with Crippen molar-refractivity contribution in [2.75, 3.05) is 5.32 Å². The van der Waals surface area contributed by atoms with Crippen LogP contribution in [0.4, 0.5) is 5.69 Å². The Morgan fingerprint density at radius 3 is 2.42 bits per heavy atom. The van der Waals surface area contributed by atoms with Crippen LogP contribution in [0.2, 0.25) is 5.02 Å². The minimum Gasteiger partial charge on any atom is -0.324 e. The third kappa shape index (κ3) is 3.90. The van der Waals surface area contributed by atoms with Gasteiger partial charge in [-0.25, -0.2) is 18.4 Å². The number of amides is 1. The zero-order valence-corrected chi connectivity index (χ0v) is 18.2. The number of hydrogen-bond acceptors (Lipinski definition) is 5. The van der Waals surface area contributed by atoms with Crippen LogP contribution in [-0.2, 0) is 11.3 Å². The van der Waals surface area contributed by atoms with Crippen molar-refractivity contribution in [3.05, 3.63) is 88.1 Å². The number of carbonyl (C=O) groups is 2. The molecule has 0 aliphatic rings. The molecule has 0 radical (unpaired) electrons. The fourth-order valence-electron chi connectivity index (χ4n) is 3.52. The van der Waals surface area contributed by atoms with Gasteiger partial charge in [0, 0.05) is 34.2 Å². The van der Waals surface area contributed by atoms with Gasteiger partial charge in [0.25, 0.3) is 0 Å². The largest absolute Gasteiger partial charge is 0.350 e. The molecule has 0 aliphatic heterocycles. The highest BCUT2D eigenvalue weighted by molar-refractivity contribution is 6.30. The standard InChI is InChI=1S/C23H17ClN6O3/c1-14(31)15-4-8-18(9-5-15)25-21(32)13-30-23(33)28-10-11-29-20(22(28)27-30)12-19(26-29)16-2-6-17(24)7-3-16/h2-12H,13H2,1H3,(H,25,32). The Morgan fingerprint density at radius 1 is 1.00 bits per heavy atom. The lowest BCUT2D eigenvalue weighted by Crippen LogP contribution is -2.28. The zero-order valence-electron chi connectivity index (χ0n) is 17.4. The molecule has 0 bridgehead atoms. The van der Waals surface area contributed by atoms with E-state index in [1.54, 1.807) is 53.3 Å². The average Bonchev–Trinajstić information content (AvgIpc) is 3.36. The number of carbonyl (C=O) groups excluding carboxylic acids is 2. The van der Waals surface area contributed by atoms with E-state index in [9.17, 15) is 14.4 Å². The summed E-state index contributed by atoms with van der Waals surface area (Å²) in [5.41, 5.74) is 3.21. The molecule has 0 fully saturated rings. The first kappa shape index (κ1) is 20.7. The Bertz CT molecular complexity index is 1580. The molecule has 0 atom stereocenters. The molecule has 3 aromatic heterocycles. The molecular formula is C23H17ClN6O3. The van der Waals surface area contributed by atoms with Crippen molar-refractivity contribution in [2.24, 2.45) is 0 Å². The van der Waals surface area contributed by atoms with E-state index in [2.05, 4.69) is 15.5 Å². The van der Waals surface area contributed by atoms with Crippen molar-refractivity contribution < 1.29 is 9.59 Å². The Balaban J connectivity index is 1.44. The Labute approximate surface area is 191 Å². The normalized spacial score (nSPS) is 11.2. The summed E-state index contributed by atoms with van der Waals surface area (Å²) in [7, 11) is 0. The molecule has 0 saturated carbocycles. The van der Waals surface area contributed by atoms with E-state index in [1.807, 2.05) is 18.2 Å². The predicted octanol–water partition coefficient (Wildman–Crippen LogP) is 3.31. The smallest absolute Gasteiger partial charge is 0.324 e. The van der Waals surface area contributed by atoms with Gasteiger partial charge in [0.1, 0.15) is 12.1 Å². The van der Waals surface area contributed by atoms with Crippen molar-refractivity contribution in [3.8, 4) is 11.3 Å². The number of ketones is 1. The molecule has 10 heteroatoms. The Hall–Kier alpha value is -4.24. The lowest BCUT2D eigenvalue weighted by Gasteiger charge is -2.05. The van der Waals surface area contributed by atoms with Crippen LogP contribution in [-0.4, -0.2) is 35.5 Å². The molecule has 0 aliphatic carbocycles. The third-order valence-corrected chi connectivity index (χ3v) is 5.45. The molecule has 164 valence electrons. The summed E-state index contributed by atoms with van der Waals surface area (Å²) in [6.45, 7) is 1.21. The van der Waals surface area contributed by atoms with E-state index >= 15 is 0 Å². The van der Waals surface area contributed by atoms with Crippen LogP contribution in [0.3, 0.4) is 0 Å². The minimum atomic E-state index is -0.441. The van der Waals surface area contributed by atoms with Crippen molar-refractivity contribution in [1.29, 1.82) is 0 Å². The minimum absolute atomic E-state index is 0.0606. The third-order valence-electron chi connectivity index (χ3n) is 5.20. The van der Waals surface area contributed by atoms with Gasteiger partial charge in [0.15, 0.2) is 11.4 Å². The van der Waals surface area contributed by atoms with Gasteiger partial charge in [-0.1, -0.05) is 23.7 Å². The second kappa shape index (κ2) is 8.03. The Kier molecular flexibility index (Phi) is 5.02. The molecule has 5 rings (SSSR count). The van der Waals surface area contributed by atoms with Crippen LogP contribution in [0, 0.1) is 0 Å². The number of anilines is 1. The van der Waals surface area contributed by atoms with Crippen LogP contribution in [0.25, 0.3) is 22.4 Å². The van der Waals surface area contributed by atoms with Gasteiger partial charge >= 0.3 is 5.69 Å². The molecule has 1 amide bonds. The van der Waals surface area contributed by atoms with Crippen LogP contribution in [0.5, 0.6) is 0 Å². The molecular weight excluding hydrogens is 444 g/mol. The van der Waals surface area contributed by atoms with E-state index < -0.39 is 11.6 Å². The molecule has 5 aromatic rings. The lowest BCUT2D eigenvalue weighted by atomic mass is 10.1. The van der Waals surface area contributed by atoms with E-state index in [0.717, 1.165) is 10.2 Å². The van der Waals surface area contributed by atoms with Gasteiger partial charge in [-0.05, 0) is 49.4 Å². The van der Waals surface area contributed by atoms with Crippen LogP contribution in [0.1, 0.15) is 17.3 Å². The summed E-state index contributed by atoms with van der Waals surface area (Å²) in [6.07, 6.45) is 3.22. The number of halogens is 1. The number of Topliss-reactive ketones (excluding diaryl/α,β-unsaturated/α-hetero) is 1. The molecule has 3 heterocycles. The second-order valence-electron chi connectivity index (χ2n) is 7.48. The first-order chi connectivity index (χ1) is 15.9. The molecule has 2 aromatic carbocycles. The summed E-state index contributed by atoms with van der Waals surface area (Å²) in [5, 5.41) is 12.2. The molecule has 0 unspecified atom stereocenters. The summed E-state index contributed by atoms with van der Waals surface area (Å²) < 4.78 is 4.11. The van der Waals surface area contributed by atoms with E-state index in [0.29, 0.717) is 33.1 Å². The number of aromatic nitrogens is 5. The maximum absolute atomic E-state index is 12.8. The van der Waals surface area contributed by atoms with Crippen LogP contribution < -0.4 is 11.0 Å². The zero-order chi connectivity index (χ0) is 23.1. The van der Waals surface area contributed by atoms with Crippen molar-refractivity contribution in [1.82, 2.24) is 23.8 Å². The predicted molar refractivity (Wildman–Crippen MR) is 124 cm³/mol. The lowest BCUT2D eigenvalue weighted by molar-refractivity contribution is -0.117. The number of nitrogens with one attached hydrogen (secondary N) is 1. The van der Waals surface area contributed by atoms with Gasteiger partial charge in [-0.15, -0.1) is 5.10 Å². The average molecular weight is 461 g/mol. The molecule has 9 nitrogen and oxygen atoms in total. The summed E-state index contributed by atoms with van der Waals surface area (Å²) >= 11 is 5.97. The molecule has 1 N–H and O–H groups in total. The van der Waals surface area contributed by atoms with Gasteiger partial charge < -0.3 is 5.32 Å². The van der Waals surface area contributed by atoms with E-state index in [4.69, 9.17) is 11.6 Å². The van der Waals surface area contributed by atoms with Gasteiger partial charge in [0.2, 0.25) is 5.91 Å². The Morgan fingerprint density at radius 2 is 1.73 bits per heavy atom. The second-order valence-corrected chi connectivity index (χ2v) is 7.92. The monoisotopic (exact) mass is 460 g/mol. The molecule has 0 saturated heterocycles. The highest BCUT2D eigenvalue weighted by Gasteiger charge is 2.15. The van der Waals surface area contributed by atoms with Crippen LogP contribution in [0.15, 0.2) is 71.8 Å². The van der Waals surface area contributed by atoms with E-state index in [-0.39, 0.29) is 12.3 Å². The maximum Gasteiger partial charge on any atom is 0.350 e. The summed E-state index contributed by atoms with van der Waals surface area (Å²) in [6, 6.07) is 15.6. The summed E-state index contributed by atoms with van der Waals surface area (Å²) in [4.78, 5) is 36.7. The number of fused-ring (bicyclic) bond motifs is 3. The first-order valence-electron chi connectivity index (χ1n) is 10.0. The van der Waals surface area contributed by atoms with Crippen molar-refractivity contribution in [3.63, 3.8) is 0 Å². The first-order valence-corrected chi connectivity index (χ1v) is 10.4. The summed E-state index contributed by atoms with van der Waals surface area (Å²) in [5.74, 6) is -0.475.